The van der Waals surface area contributed by atoms with Gasteiger partial charge in [-0.15, -0.1) is 0 Å². The van der Waals surface area contributed by atoms with E-state index in [2.05, 4.69) is 30.5 Å². The third-order valence-electron chi connectivity index (χ3n) is 9.01. The lowest BCUT2D eigenvalue weighted by Gasteiger charge is -2.19. The average Bonchev–Trinajstić information content (AvgIpc) is 3.09. The van der Waals surface area contributed by atoms with Crippen molar-refractivity contribution < 1.29 is 37.6 Å². The third kappa shape index (κ3) is 36.4. The molecule has 290 valence electrons. The van der Waals surface area contributed by atoms with E-state index in [4.69, 9.17) is 14.0 Å². The zero-order valence-electron chi connectivity index (χ0n) is 32.1. The number of phosphoric acid groups is 1. The van der Waals surface area contributed by atoms with Crippen LogP contribution in [0.25, 0.3) is 0 Å². The zero-order valence-corrected chi connectivity index (χ0v) is 33.0. The molecule has 0 aromatic carbocycles. The molecule has 2 unspecified atom stereocenters. The number of esters is 2. The summed E-state index contributed by atoms with van der Waals surface area (Å²) in [4.78, 5) is 34.4. The second kappa shape index (κ2) is 36.6. The Morgan fingerprint density at radius 1 is 0.551 bits per heavy atom. The van der Waals surface area contributed by atoms with Gasteiger partial charge in [-0.3, -0.25) is 18.6 Å². The van der Waals surface area contributed by atoms with Crippen LogP contribution in [0.3, 0.4) is 0 Å². The number of rotatable bonds is 38. The van der Waals surface area contributed by atoms with Crippen molar-refractivity contribution >= 4 is 19.8 Å². The van der Waals surface area contributed by atoms with E-state index in [0.717, 1.165) is 58.5 Å². The summed E-state index contributed by atoms with van der Waals surface area (Å²) >= 11 is 0. The van der Waals surface area contributed by atoms with E-state index >= 15 is 0 Å². The lowest BCUT2D eigenvalue weighted by molar-refractivity contribution is -0.161. The first kappa shape index (κ1) is 47.8. The Kier molecular flexibility index (Phi) is 35.7. The maximum atomic E-state index is 12.5. The highest BCUT2D eigenvalue weighted by molar-refractivity contribution is 7.47. The number of carbonyl (C=O) groups is 2. The van der Waals surface area contributed by atoms with Crippen molar-refractivity contribution in [1.29, 1.82) is 0 Å². The van der Waals surface area contributed by atoms with Gasteiger partial charge in [0, 0.05) is 20.0 Å². The van der Waals surface area contributed by atoms with Crippen LogP contribution in [0.4, 0.5) is 0 Å². The summed E-state index contributed by atoms with van der Waals surface area (Å²) in [6.07, 6.45) is 38.3. The number of allylic oxidation sites excluding steroid dienone is 2. The van der Waals surface area contributed by atoms with E-state index in [0.29, 0.717) is 12.8 Å². The molecule has 0 spiro atoms. The first-order valence-electron chi connectivity index (χ1n) is 20.4. The Balaban J connectivity index is 4.00. The van der Waals surface area contributed by atoms with Crippen LogP contribution in [0.2, 0.25) is 0 Å². The average molecular weight is 717 g/mol. The SMILES string of the molecule is CCCCCCC/C=C\CCCCCCCC(=O)OC(COC(=O)CCCCCCCCCCCCCCCCCC)COP(=O)(O)OC. The van der Waals surface area contributed by atoms with Gasteiger partial charge in [-0.25, -0.2) is 4.57 Å². The first-order valence-corrected chi connectivity index (χ1v) is 21.9. The minimum atomic E-state index is -4.25. The number of unbranched alkanes of at least 4 members (excludes halogenated alkanes) is 25. The van der Waals surface area contributed by atoms with Crippen molar-refractivity contribution in [3.8, 4) is 0 Å². The molecular weight excluding hydrogens is 639 g/mol. The quantitative estimate of drug-likeness (QED) is 0.0291. The molecule has 0 bridgehead atoms. The van der Waals surface area contributed by atoms with Crippen molar-refractivity contribution in [2.24, 2.45) is 0 Å². The normalized spacial score (nSPS) is 13.5. The molecule has 0 fully saturated rings. The van der Waals surface area contributed by atoms with Gasteiger partial charge < -0.3 is 14.4 Å². The molecule has 0 aromatic heterocycles. The molecule has 0 aliphatic carbocycles. The van der Waals surface area contributed by atoms with Crippen LogP contribution in [0.15, 0.2) is 12.2 Å². The predicted octanol–water partition coefficient (Wildman–Crippen LogP) is 12.5. The Hall–Kier alpha value is -1.21. The van der Waals surface area contributed by atoms with E-state index in [1.54, 1.807) is 0 Å². The molecular formula is C40H77O8P. The maximum absolute atomic E-state index is 12.5. The van der Waals surface area contributed by atoms with Gasteiger partial charge in [0.05, 0.1) is 6.61 Å². The van der Waals surface area contributed by atoms with Crippen LogP contribution in [0.5, 0.6) is 0 Å². The van der Waals surface area contributed by atoms with E-state index in [1.165, 1.54) is 122 Å². The predicted molar refractivity (Wildman–Crippen MR) is 203 cm³/mol. The lowest BCUT2D eigenvalue weighted by atomic mass is 10.0. The van der Waals surface area contributed by atoms with E-state index in [9.17, 15) is 19.0 Å². The fourth-order valence-corrected chi connectivity index (χ4v) is 6.29. The van der Waals surface area contributed by atoms with Crippen LogP contribution in [0.1, 0.15) is 206 Å². The second-order valence-corrected chi connectivity index (χ2v) is 15.3. The summed E-state index contributed by atoms with van der Waals surface area (Å²) in [5, 5.41) is 0. The molecule has 0 saturated heterocycles. The van der Waals surface area contributed by atoms with Crippen LogP contribution < -0.4 is 0 Å². The molecule has 0 heterocycles. The molecule has 0 aliphatic heterocycles. The number of hydrogen-bond donors (Lipinski definition) is 1. The Bertz CT molecular complexity index is 818. The van der Waals surface area contributed by atoms with Crippen LogP contribution >= 0.6 is 7.82 Å². The Morgan fingerprint density at radius 3 is 1.33 bits per heavy atom. The minimum absolute atomic E-state index is 0.223. The molecule has 9 heteroatoms. The smallest absolute Gasteiger partial charge is 0.462 e. The molecule has 0 rings (SSSR count). The monoisotopic (exact) mass is 717 g/mol. The number of hydrogen-bond acceptors (Lipinski definition) is 7. The van der Waals surface area contributed by atoms with Crippen molar-refractivity contribution in [3.63, 3.8) is 0 Å². The fourth-order valence-electron chi connectivity index (χ4n) is 5.83. The maximum Gasteiger partial charge on any atom is 0.472 e. The summed E-state index contributed by atoms with van der Waals surface area (Å²) in [6, 6.07) is 0. The summed E-state index contributed by atoms with van der Waals surface area (Å²) in [5.74, 6) is -0.804. The van der Waals surface area contributed by atoms with Crippen LogP contribution in [-0.4, -0.2) is 43.3 Å². The molecule has 0 aromatic rings. The van der Waals surface area contributed by atoms with Gasteiger partial charge in [-0.05, 0) is 38.5 Å². The summed E-state index contributed by atoms with van der Waals surface area (Å²) in [6.45, 7) is 3.88. The summed E-state index contributed by atoms with van der Waals surface area (Å²) < 4.78 is 31.9. The third-order valence-corrected chi connectivity index (χ3v) is 9.95. The highest BCUT2D eigenvalue weighted by atomic mass is 31.2. The van der Waals surface area contributed by atoms with Gasteiger partial charge in [0.25, 0.3) is 0 Å². The fraction of sp³-hybridized carbons (Fsp3) is 0.900. The Labute approximate surface area is 301 Å². The summed E-state index contributed by atoms with van der Waals surface area (Å²) in [7, 11) is -3.19. The lowest BCUT2D eigenvalue weighted by Crippen LogP contribution is -2.29. The van der Waals surface area contributed by atoms with Gasteiger partial charge in [0.1, 0.15) is 6.61 Å². The number of ether oxygens (including phenoxy) is 2. The molecule has 0 radical (unpaired) electrons. The molecule has 2 atom stereocenters. The topological polar surface area (TPSA) is 108 Å². The molecule has 0 saturated carbocycles. The van der Waals surface area contributed by atoms with Crippen LogP contribution in [0, 0.1) is 0 Å². The largest absolute Gasteiger partial charge is 0.472 e. The molecule has 8 nitrogen and oxygen atoms in total. The highest BCUT2D eigenvalue weighted by Crippen LogP contribution is 2.42. The van der Waals surface area contributed by atoms with Crippen molar-refractivity contribution in [1.82, 2.24) is 0 Å². The van der Waals surface area contributed by atoms with Gasteiger partial charge in [0.15, 0.2) is 6.10 Å². The van der Waals surface area contributed by atoms with E-state index < -0.39 is 26.5 Å². The van der Waals surface area contributed by atoms with Gasteiger partial charge in [0.2, 0.25) is 0 Å². The first-order chi connectivity index (χ1) is 23.8. The van der Waals surface area contributed by atoms with Gasteiger partial charge in [-0.2, -0.15) is 0 Å². The molecule has 1 N–H and O–H groups in total. The van der Waals surface area contributed by atoms with Gasteiger partial charge in [-0.1, -0.05) is 167 Å². The standard InChI is InChI=1S/C40H77O8P/c1-4-6-8-10-12-14-16-18-20-21-23-24-26-28-30-32-34-39(41)46-36-38(37-47-49(43,44)45-3)48-40(42)35-33-31-29-27-25-22-19-17-15-13-11-9-7-5-2/h17,19,38H,4-16,18,20-37H2,1-3H3,(H,43,44)/b19-17-. The summed E-state index contributed by atoms with van der Waals surface area (Å²) in [5.41, 5.74) is 0. The molecule has 0 amide bonds. The van der Waals surface area contributed by atoms with Gasteiger partial charge >= 0.3 is 19.8 Å². The van der Waals surface area contributed by atoms with Crippen molar-refractivity contribution in [3.05, 3.63) is 12.2 Å². The van der Waals surface area contributed by atoms with Crippen molar-refractivity contribution in [2.75, 3.05) is 20.3 Å². The number of phosphoric ester groups is 1. The molecule has 49 heavy (non-hydrogen) atoms. The number of carbonyl (C=O) groups excluding carboxylic acids is 2. The van der Waals surface area contributed by atoms with Crippen LogP contribution in [-0.2, 0) is 32.7 Å². The Morgan fingerprint density at radius 2 is 0.918 bits per heavy atom. The molecule has 0 aliphatic rings. The second-order valence-electron chi connectivity index (χ2n) is 13.8. The van der Waals surface area contributed by atoms with E-state index in [-0.39, 0.29) is 19.0 Å². The zero-order chi connectivity index (χ0) is 36.1. The van der Waals surface area contributed by atoms with Crippen molar-refractivity contribution in [2.45, 2.75) is 213 Å². The van der Waals surface area contributed by atoms with E-state index in [1.807, 2.05) is 0 Å². The highest BCUT2D eigenvalue weighted by Gasteiger charge is 2.24. The minimum Gasteiger partial charge on any atom is -0.462 e.